The number of carbonyl (C=O) groups excluding carboxylic acids is 1. The Hall–Kier alpha value is -0.570. The Labute approximate surface area is 98.1 Å². The molecule has 0 heterocycles. The fourth-order valence-electron chi connectivity index (χ4n) is 2.32. The first-order valence-electron chi connectivity index (χ1n) is 6.47. The highest BCUT2D eigenvalue weighted by Crippen LogP contribution is 2.37. The van der Waals surface area contributed by atoms with Crippen LogP contribution >= 0.6 is 0 Å². The standard InChI is InChI=1S/C13H23NO2/c1-9(13(15)16-3)10(2)14(12-6-7-12)8-11-4-5-11/h9-12H,4-8H2,1-3H3. The molecule has 2 atom stereocenters. The van der Waals surface area contributed by atoms with Gasteiger partial charge in [0.2, 0.25) is 0 Å². The molecule has 0 saturated heterocycles. The largest absolute Gasteiger partial charge is 0.469 e. The number of hydrogen-bond donors (Lipinski definition) is 0. The molecule has 0 spiro atoms. The van der Waals surface area contributed by atoms with Crippen LogP contribution < -0.4 is 0 Å². The Morgan fingerprint density at radius 1 is 1.31 bits per heavy atom. The molecule has 2 saturated carbocycles. The number of ether oxygens (including phenoxy) is 1. The van der Waals surface area contributed by atoms with Gasteiger partial charge in [-0.15, -0.1) is 0 Å². The van der Waals surface area contributed by atoms with Crippen LogP contribution in [0, 0.1) is 11.8 Å². The molecule has 3 nitrogen and oxygen atoms in total. The van der Waals surface area contributed by atoms with E-state index in [9.17, 15) is 4.79 Å². The molecule has 16 heavy (non-hydrogen) atoms. The van der Waals surface area contributed by atoms with Crippen LogP contribution in [0.3, 0.4) is 0 Å². The minimum atomic E-state index is -0.0750. The highest BCUT2D eigenvalue weighted by molar-refractivity contribution is 5.72. The van der Waals surface area contributed by atoms with Gasteiger partial charge in [0.25, 0.3) is 0 Å². The van der Waals surface area contributed by atoms with E-state index >= 15 is 0 Å². The van der Waals surface area contributed by atoms with Crippen molar-refractivity contribution in [2.75, 3.05) is 13.7 Å². The monoisotopic (exact) mass is 225 g/mol. The maximum absolute atomic E-state index is 11.6. The summed E-state index contributed by atoms with van der Waals surface area (Å²) in [5.74, 6) is 0.811. The van der Waals surface area contributed by atoms with Gasteiger partial charge in [0, 0.05) is 18.6 Å². The Morgan fingerprint density at radius 2 is 1.94 bits per heavy atom. The molecule has 2 unspecified atom stereocenters. The summed E-state index contributed by atoms with van der Waals surface area (Å²) in [6.45, 7) is 5.34. The third-order valence-electron chi connectivity index (χ3n) is 4.00. The minimum Gasteiger partial charge on any atom is -0.469 e. The fraction of sp³-hybridized carbons (Fsp3) is 0.923. The predicted octanol–water partition coefficient (Wildman–Crippen LogP) is 2.06. The Balaban J connectivity index is 1.92. The average molecular weight is 225 g/mol. The average Bonchev–Trinajstić information content (AvgIpc) is 3.15. The van der Waals surface area contributed by atoms with E-state index in [4.69, 9.17) is 4.74 Å². The van der Waals surface area contributed by atoms with Crippen molar-refractivity contribution in [2.24, 2.45) is 11.8 Å². The number of hydrogen-bond acceptors (Lipinski definition) is 3. The van der Waals surface area contributed by atoms with Crippen molar-refractivity contribution < 1.29 is 9.53 Å². The molecule has 2 fully saturated rings. The van der Waals surface area contributed by atoms with Gasteiger partial charge in [0.1, 0.15) is 0 Å². The second-order valence-electron chi connectivity index (χ2n) is 5.42. The Kier molecular flexibility index (Phi) is 3.53. The molecule has 0 aromatic rings. The second-order valence-corrected chi connectivity index (χ2v) is 5.42. The first-order chi connectivity index (χ1) is 7.63. The summed E-state index contributed by atoms with van der Waals surface area (Å²) >= 11 is 0. The molecule has 0 aliphatic heterocycles. The lowest BCUT2D eigenvalue weighted by Crippen LogP contribution is -2.43. The zero-order chi connectivity index (χ0) is 11.7. The zero-order valence-electron chi connectivity index (χ0n) is 10.6. The van der Waals surface area contributed by atoms with E-state index in [2.05, 4.69) is 11.8 Å². The lowest BCUT2D eigenvalue weighted by molar-refractivity contribution is -0.147. The van der Waals surface area contributed by atoms with Crippen LogP contribution in [0.1, 0.15) is 39.5 Å². The summed E-state index contributed by atoms with van der Waals surface area (Å²) in [4.78, 5) is 14.1. The van der Waals surface area contributed by atoms with Crippen molar-refractivity contribution in [3.05, 3.63) is 0 Å². The van der Waals surface area contributed by atoms with Crippen LogP contribution in [-0.2, 0) is 9.53 Å². The molecule has 2 rings (SSSR count). The summed E-state index contributed by atoms with van der Waals surface area (Å²) in [7, 11) is 1.48. The van der Waals surface area contributed by atoms with Gasteiger partial charge in [0.05, 0.1) is 13.0 Å². The predicted molar refractivity (Wildman–Crippen MR) is 63.1 cm³/mol. The minimum absolute atomic E-state index is 0.00986. The van der Waals surface area contributed by atoms with Gasteiger partial charge in [-0.3, -0.25) is 9.69 Å². The van der Waals surface area contributed by atoms with Crippen molar-refractivity contribution in [2.45, 2.75) is 51.6 Å². The third-order valence-corrected chi connectivity index (χ3v) is 4.00. The highest BCUT2D eigenvalue weighted by atomic mass is 16.5. The van der Waals surface area contributed by atoms with E-state index in [-0.39, 0.29) is 11.9 Å². The first kappa shape index (κ1) is 11.9. The van der Waals surface area contributed by atoms with Gasteiger partial charge < -0.3 is 4.74 Å². The number of rotatable bonds is 6. The van der Waals surface area contributed by atoms with E-state index < -0.39 is 0 Å². The van der Waals surface area contributed by atoms with Gasteiger partial charge in [-0.25, -0.2) is 0 Å². The van der Waals surface area contributed by atoms with Crippen molar-refractivity contribution in [3.8, 4) is 0 Å². The Morgan fingerprint density at radius 3 is 2.38 bits per heavy atom. The molecular weight excluding hydrogens is 202 g/mol. The topological polar surface area (TPSA) is 29.5 Å². The third kappa shape index (κ3) is 2.76. The first-order valence-corrected chi connectivity index (χ1v) is 6.47. The lowest BCUT2D eigenvalue weighted by atomic mass is 10.0. The highest BCUT2D eigenvalue weighted by Gasteiger charge is 2.39. The van der Waals surface area contributed by atoms with E-state index in [1.54, 1.807) is 0 Å². The van der Waals surface area contributed by atoms with Crippen molar-refractivity contribution in [1.82, 2.24) is 4.90 Å². The van der Waals surface area contributed by atoms with Crippen LogP contribution in [-0.4, -0.2) is 36.6 Å². The SMILES string of the molecule is COC(=O)C(C)C(C)N(CC1CC1)C1CC1. The summed E-state index contributed by atoms with van der Waals surface area (Å²) in [6, 6.07) is 1.06. The van der Waals surface area contributed by atoms with E-state index in [0.29, 0.717) is 6.04 Å². The molecule has 2 aliphatic rings. The molecule has 0 aromatic carbocycles. The molecule has 0 aromatic heterocycles. The number of carbonyl (C=O) groups is 1. The lowest BCUT2D eigenvalue weighted by Gasteiger charge is -2.32. The number of nitrogens with zero attached hydrogens (tertiary/aromatic N) is 1. The van der Waals surface area contributed by atoms with Gasteiger partial charge >= 0.3 is 5.97 Å². The Bertz CT molecular complexity index is 259. The summed E-state index contributed by atoms with van der Waals surface area (Å²) in [5.41, 5.74) is 0. The van der Waals surface area contributed by atoms with Crippen LogP contribution in [0.25, 0.3) is 0 Å². The number of methoxy groups -OCH3 is 1. The normalized spacial score (nSPS) is 24.2. The van der Waals surface area contributed by atoms with Crippen LogP contribution in [0.4, 0.5) is 0 Å². The molecule has 0 bridgehead atoms. The van der Waals surface area contributed by atoms with Crippen molar-refractivity contribution in [3.63, 3.8) is 0 Å². The zero-order valence-corrected chi connectivity index (χ0v) is 10.6. The smallest absolute Gasteiger partial charge is 0.309 e. The molecule has 0 amide bonds. The fourth-order valence-corrected chi connectivity index (χ4v) is 2.32. The van der Waals surface area contributed by atoms with Crippen LogP contribution in [0.15, 0.2) is 0 Å². The molecular formula is C13H23NO2. The van der Waals surface area contributed by atoms with Crippen LogP contribution in [0.2, 0.25) is 0 Å². The maximum Gasteiger partial charge on any atom is 0.309 e. The second kappa shape index (κ2) is 4.74. The van der Waals surface area contributed by atoms with E-state index in [1.807, 2.05) is 6.92 Å². The molecule has 3 heteroatoms. The molecule has 2 aliphatic carbocycles. The molecule has 0 N–H and O–H groups in total. The van der Waals surface area contributed by atoms with Gasteiger partial charge in [-0.05, 0) is 38.5 Å². The van der Waals surface area contributed by atoms with Gasteiger partial charge in [-0.1, -0.05) is 6.92 Å². The molecule has 92 valence electrons. The molecule has 0 radical (unpaired) electrons. The summed E-state index contributed by atoms with van der Waals surface area (Å²) in [6.07, 6.45) is 5.38. The van der Waals surface area contributed by atoms with Crippen LogP contribution in [0.5, 0.6) is 0 Å². The van der Waals surface area contributed by atoms with Crippen molar-refractivity contribution in [1.29, 1.82) is 0 Å². The van der Waals surface area contributed by atoms with Gasteiger partial charge in [-0.2, -0.15) is 0 Å². The van der Waals surface area contributed by atoms with Crippen molar-refractivity contribution >= 4 is 5.97 Å². The summed E-state index contributed by atoms with van der Waals surface area (Å²) < 4.78 is 4.84. The number of esters is 1. The maximum atomic E-state index is 11.6. The quantitative estimate of drug-likeness (QED) is 0.648. The summed E-state index contributed by atoms with van der Waals surface area (Å²) in [5, 5.41) is 0. The van der Waals surface area contributed by atoms with Gasteiger partial charge in [0.15, 0.2) is 0 Å². The van der Waals surface area contributed by atoms with E-state index in [1.165, 1.54) is 39.3 Å². The van der Waals surface area contributed by atoms with E-state index in [0.717, 1.165) is 12.0 Å².